The summed E-state index contributed by atoms with van der Waals surface area (Å²) < 4.78 is 4.85. The SMILES string of the molecule is COC(=O)c1ccccc1Nc1nc(NC(C)C)cc(-c2ccccc2)n1. The molecule has 3 rings (SSSR count). The number of ether oxygens (including phenoxy) is 1. The maximum atomic E-state index is 12.0. The Morgan fingerprint density at radius 1 is 1.00 bits per heavy atom. The second kappa shape index (κ2) is 8.31. The highest BCUT2D eigenvalue weighted by molar-refractivity contribution is 5.96. The molecular weight excluding hydrogens is 340 g/mol. The van der Waals surface area contributed by atoms with Crippen molar-refractivity contribution in [1.29, 1.82) is 0 Å². The van der Waals surface area contributed by atoms with Gasteiger partial charge in [-0.2, -0.15) is 4.98 Å². The minimum absolute atomic E-state index is 0.221. The predicted octanol–water partition coefficient (Wildman–Crippen LogP) is 4.49. The summed E-state index contributed by atoms with van der Waals surface area (Å²) in [7, 11) is 1.36. The third-order valence-electron chi connectivity index (χ3n) is 3.81. The third kappa shape index (κ3) is 4.61. The zero-order valence-corrected chi connectivity index (χ0v) is 15.6. The second-order valence-corrected chi connectivity index (χ2v) is 6.29. The van der Waals surface area contributed by atoms with Gasteiger partial charge in [-0.1, -0.05) is 42.5 Å². The number of esters is 1. The normalized spacial score (nSPS) is 10.5. The summed E-state index contributed by atoms with van der Waals surface area (Å²) in [5, 5.41) is 6.46. The van der Waals surface area contributed by atoms with Crippen molar-refractivity contribution >= 4 is 23.4 Å². The summed E-state index contributed by atoms with van der Waals surface area (Å²) in [4.78, 5) is 21.2. The van der Waals surface area contributed by atoms with Crippen LogP contribution in [-0.4, -0.2) is 29.1 Å². The molecule has 0 spiro atoms. The molecule has 6 heteroatoms. The quantitative estimate of drug-likeness (QED) is 0.629. The molecule has 0 aliphatic heterocycles. The zero-order chi connectivity index (χ0) is 19.2. The van der Waals surface area contributed by atoms with Gasteiger partial charge >= 0.3 is 5.97 Å². The average molecular weight is 362 g/mol. The van der Waals surface area contributed by atoms with Crippen LogP contribution < -0.4 is 10.6 Å². The first-order valence-corrected chi connectivity index (χ1v) is 8.72. The van der Waals surface area contributed by atoms with E-state index in [0.717, 1.165) is 11.3 Å². The number of benzene rings is 2. The number of methoxy groups -OCH3 is 1. The number of anilines is 3. The Labute approximate surface area is 158 Å². The minimum atomic E-state index is -0.419. The lowest BCUT2D eigenvalue weighted by atomic mass is 10.1. The van der Waals surface area contributed by atoms with E-state index in [0.29, 0.717) is 23.0 Å². The lowest BCUT2D eigenvalue weighted by Crippen LogP contribution is -2.13. The standard InChI is InChI=1S/C21H22N4O2/c1-14(2)22-19-13-18(15-9-5-4-6-10-15)24-21(25-19)23-17-12-8-7-11-16(17)20(26)27-3/h4-14H,1-3H3,(H2,22,23,24,25). The fraction of sp³-hybridized carbons (Fsp3) is 0.190. The monoisotopic (exact) mass is 362 g/mol. The van der Waals surface area contributed by atoms with Gasteiger partial charge in [-0.25, -0.2) is 9.78 Å². The molecule has 0 bridgehead atoms. The predicted molar refractivity (Wildman–Crippen MR) is 107 cm³/mol. The number of hydrogen-bond acceptors (Lipinski definition) is 6. The highest BCUT2D eigenvalue weighted by Gasteiger charge is 2.13. The number of hydrogen-bond donors (Lipinski definition) is 2. The van der Waals surface area contributed by atoms with Gasteiger partial charge in [0, 0.05) is 17.7 Å². The van der Waals surface area contributed by atoms with Crippen LogP contribution in [0.15, 0.2) is 60.7 Å². The summed E-state index contributed by atoms with van der Waals surface area (Å²) in [6, 6.07) is 19.1. The van der Waals surface area contributed by atoms with E-state index in [2.05, 4.69) is 20.6 Å². The van der Waals surface area contributed by atoms with E-state index >= 15 is 0 Å². The molecule has 0 atom stereocenters. The lowest BCUT2D eigenvalue weighted by Gasteiger charge is -2.14. The highest BCUT2D eigenvalue weighted by Crippen LogP contribution is 2.25. The van der Waals surface area contributed by atoms with E-state index in [1.165, 1.54) is 7.11 Å². The van der Waals surface area contributed by atoms with Crippen molar-refractivity contribution in [2.24, 2.45) is 0 Å². The second-order valence-electron chi connectivity index (χ2n) is 6.29. The molecule has 6 nitrogen and oxygen atoms in total. The molecule has 2 N–H and O–H groups in total. The van der Waals surface area contributed by atoms with Gasteiger partial charge in [0.25, 0.3) is 0 Å². The number of nitrogens with one attached hydrogen (secondary N) is 2. The number of carbonyl (C=O) groups is 1. The Balaban J connectivity index is 2.01. The van der Waals surface area contributed by atoms with Crippen LogP contribution in [0, 0.1) is 0 Å². The van der Waals surface area contributed by atoms with E-state index in [9.17, 15) is 4.79 Å². The van der Waals surface area contributed by atoms with E-state index in [4.69, 9.17) is 4.74 Å². The summed E-state index contributed by atoms with van der Waals surface area (Å²) in [5.41, 5.74) is 2.78. The van der Waals surface area contributed by atoms with Crippen molar-refractivity contribution in [3.05, 3.63) is 66.2 Å². The highest BCUT2D eigenvalue weighted by atomic mass is 16.5. The van der Waals surface area contributed by atoms with Crippen LogP contribution in [0.2, 0.25) is 0 Å². The smallest absolute Gasteiger partial charge is 0.339 e. The summed E-state index contributed by atoms with van der Waals surface area (Å²) in [5.74, 6) is 0.686. The lowest BCUT2D eigenvalue weighted by molar-refractivity contribution is 0.0602. The molecule has 0 aliphatic carbocycles. The maximum absolute atomic E-state index is 12.0. The van der Waals surface area contributed by atoms with E-state index in [1.54, 1.807) is 18.2 Å². The van der Waals surface area contributed by atoms with Gasteiger partial charge < -0.3 is 15.4 Å². The Hall–Kier alpha value is -3.41. The molecule has 0 saturated carbocycles. The van der Waals surface area contributed by atoms with Crippen molar-refractivity contribution in [2.75, 3.05) is 17.7 Å². The number of nitrogens with zero attached hydrogens (tertiary/aromatic N) is 2. The summed E-state index contributed by atoms with van der Waals surface area (Å²) in [6.45, 7) is 4.09. The van der Waals surface area contributed by atoms with Gasteiger partial charge in [0.1, 0.15) is 5.82 Å². The van der Waals surface area contributed by atoms with Crippen LogP contribution in [0.4, 0.5) is 17.5 Å². The minimum Gasteiger partial charge on any atom is -0.465 e. The molecule has 1 heterocycles. The van der Waals surface area contributed by atoms with Crippen molar-refractivity contribution in [1.82, 2.24) is 9.97 Å². The fourth-order valence-electron chi connectivity index (χ4n) is 2.63. The van der Waals surface area contributed by atoms with Crippen LogP contribution in [0.5, 0.6) is 0 Å². The average Bonchev–Trinajstić information content (AvgIpc) is 2.68. The third-order valence-corrected chi connectivity index (χ3v) is 3.81. The number of para-hydroxylation sites is 1. The van der Waals surface area contributed by atoms with Crippen molar-refractivity contribution in [3.63, 3.8) is 0 Å². The number of rotatable bonds is 6. The Kier molecular flexibility index (Phi) is 5.66. The van der Waals surface area contributed by atoms with Crippen molar-refractivity contribution in [3.8, 4) is 11.3 Å². The molecule has 3 aromatic rings. The molecule has 0 radical (unpaired) electrons. The molecule has 138 valence electrons. The van der Waals surface area contributed by atoms with Gasteiger partial charge in [0.15, 0.2) is 0 Å². The van der Waals surface area contributed by atoms with Crippen LogP contribution in [0.1, 0.15) is 24.2 Å². The first-order valence-electron chi connectivity index (χ1n) is 8.72. The van der Waals surface area contributed by atoms with Gasteiger partial charge in [-0.05, 0) is 26.0 Å². The molecule has 0 amide bonds. The molecule has 0 unspecified atom stereocenters. The van der Waals surface area contributed by atoms with Crippen molar-refractivity contribution in [2.45, 2.75) is 19.9 Å². The van der Waals surface area contributed by atoms with Gasteiger partial charge in [-0.15, -0.1) is 0 Å². The van der Waals surface area contributed by atoms with Gasteiger partial charge in [-0.3, -0.25) is 0 Å². The molecular formula is C21H22N4O2. The van der Waals surface area contributed by atoms with Crippen LogP contribution in [-0.2, 0) is 4.74 Å². The van der Waals surface area contributed by atoms with Crippen molar-refractivity contribution < 1.29 is 9.53 Å². The van der Waals surface area contributed by atoms with E-state index in [1.807, 2.05) is 56.3 Å². The maximum Gasteiger partial charge on any atom is 0.339 e. The molecule has 0 aliphatic rings. The van der Waals surface area contributed by atoms with Crippen LogP contribution in [0.3, 0.4) is 0 Å². The number of aromatic nitrogens is 2. The molecule has 27 heavy (non-hydrogen) atoms. The summed E-state index contributed by atoms with van der Waals surface area (Å²) in [6.07, 6.45) is 0. The first-order chi connectivity index (χ1) is 13.1. The van der Waals surface area contributed by atoms with Crippen LogP contribution >= 0.6 is 0 Å². The largest absolute Gasteiger partial charge is 0.465 e. The van der Waals surface area contributed by atoms with Crippen LogP contribution in [0.25, 0.3) is 11.3 Å². The molecule has 2 aromatic carbocycles. The van der Waals surface area contributed by atoms with E-state index < -0.39 is 5.97 Å². The first kappa shape index (κ1) is 18.4. The van der Waals surface area contributed by atoms with Gasteiger partial charge in [0.05, 0.1) is 24.1 Å². The molecule has 0 saturated heterocycles. The Bertz CT molecular complexity index is 926. The van der Waals surface area contributed by atoms with E-state index in [-0.39, 0.29) is 6.04 Å². The summed E-state index contributed by atoms with van der Waals surface area (Å²) >= 11 is 0. The topological polar surface area (TPSA) is 76.1 Å². The molecule has 1 aromatic heterocycles. The zero-order valence-electron chi connectivity index (χ0n) is 15.6. The number of carbonyl (C=O) groups excluding carboxylic acids is 1. The Morgan fingerprint density at radius 3 is 2.41 bits per heavy atom. The van der Waals surface area contributed by atoms with Gasteiger partial charge in [0.2, 0.25) is 5.95 Å². The fourth-order valence-corrected chi connectivity index (χ4v) is 2.63. The molecule has 0 fully saturated rings. The Morgan fingerprint density at radius 2 is 1.70 bits per heavy atom.